The van der Waals surface area contributed by atoms with Gasteiger partial charge in [-0.15, -0.1) is 0 Å². The summed E-state index contributed by atoms with van der Waals surface area (Å²) in [5.41, 5.74) is 0.916. The standard InChI is InChI=1S/C17H12INO5S/c1-23-15(20)9-19-16(21)14(25-17(19)22)8-12-6-7-13(24-12)10-2-4-11(18)5-3-10/h2-8H,9H2,1H3/b14-8-. The van der Waals surface area contributed by atoms with Crippen molar-refractivity contribution in [3.63, 3.8) is 0 Å². The SMILES string of the molecule is COC(=O)CN1C(=O)S/C(=C\c2ccc(-c3ccc(I)cc3)o2)C1=O. The summed E-state index contributed by atoms with van der Waals surface area (Å²) in [7, 11) is 1.20. The molecule has 0 saturated carbocycles. The van der Waals surface area contributed by atoms with Crippen LogP contribution in [0, 0.1) is 3.57 Å². The number of nitrogens with zero attached hydrogens (tertiary/aromatic N) is 1. The summed E-state index contributed by atoms with van der Waals surface area (Å²) in [6.07, 6.45) is 1.50. The van der Waals surface area contributed by atoms with Crippen molar-refractivity contribution in [1.82, 2.24) is 4.90 Å². The predicted molar refractivity (Wildman–Crippen MR) is 102 cm³/mol. The average Bonchev–Trinajstić information content (AvgIpc) is 3.16. The lowest BCUT2D eigenvalue weighted by Gasteiger charge is -2.09. The monoisotopic (exact) mass is 469 g/mol. The molecule has 2 amide bonds. The molecule has 1 aliphatic heterocycles. The molecule has 0 aliphatic carbocycles. The lowest BCUT2D eigenvalue weighted by molar-refractivity contribution is -0.143. The predicted octanol–water partition coefficient (Wildman–Crippen LogP) is 3.76. The smallest absolute Gasteiger partial charge is 0.325 e. The van der Waals surface area contributed by atoms with E-state index >= 15 is 0 Å². The fourth-order valence-corrected chi connectivity index (χ4v) is 3.34. The van der Waals surface area contributed by atoms with Crippen molar-refractivity contribution in [2.75, 3.05) is 13.7 Å². The van der Waals surface area contributed by atoms with E-state index in [1.165, 1.54) is 13.2 Å². The number of imide groups is 1. The summed E-state index contributed by atoms with van der Waals surface area (Å²) in [4.78, 5) is 36.5. The number of carbonyl (C=O) groups is 3. The van der Waals surface area contributed by atoms with Crippen LogP contribution in [-0.2, 0) is 14.3 Å². The van der Waals surface area contributed by atoms with Crippen LogP contribution in [0.1, 0.15) is 5.76 Å². The van der Waals surface area contributed by atoms with Crippen LogP contribution in [0.5, 0.6) is 0 Å². The molecule has 0 atom stereocenters. The first-order valence-corrected chi connectivity index (χ1v) is 9.05. The third-order valence-corrected chi connectivity index (χ3v) is 5.04. The Labute approximate surface area is 161 Å². The van der Waals surface area contributed by atoms with Crippen LogP contribution in [0.3, 0.4) is 0 Å². The molecule has 0 radical (unpaired) electrons. The van der Waals surface area contributed by atoms with Crippen molar-refractivity contribution in [1.29, 1.82) is 0 Å². The Morgan fingerprint density at radius 1 is 1.24 bits per heavy atom. The summed E-state index contributed by atoms with van der Waals surface area (Å²) in [6, 6.07) is 11.3. The number of methoxy groups -OCH3 is 1. The van der Waals surface area contributed by atoms with Gasteiger partial charge >= 0.3 is 5.97 Å². The zero-order chi connectivity index (χ0) is 18.0. The van der Waals surface area contributed by atoms with Crippen LogP contribution in [0.15, 0.2) is 45.7 Å². The Balaban J connectivity index is 1.79. The van der Waals surface area contributed by atoms with Crippen LogP contribution in [0.4, 0.5) is 4.79 Å². The van der Waals surface area contributed by atoms with Crippen LogP contribution >= 0.6 is 34.4 Å². The van der Waals surface area contributed by atoms with Crippen molar-refractivity contribution in [3.05, 3.63) is 50.6 Å². The summed E-state index contributed by atoms with van der Waals surface area (Å²) in [6.45, 7) is -0.398. The largest absolute Gasteiger partial charge is 0.468 e. The molecule has 1 aromatic heterocycles. The van der Waals surface area contributed by atoms with Crippen LogP contribution in [-0.4, -0.2) is 35.7 Å². The maximum atomic E-state index is 12.3. The number of benzene rings is 1. The van der Waals surface area contributed by atoms with Gasteiger partial charge in [0.15, 0.2) is 0 Å². The van der Waals surface area contributed by atoms with E-state index in [4.69, 9.17) is 4.42 Å². The van der Waals surface area contributed by atoms with Crippen molar-refractivity contribution in [2.45, 2.75) is 0 Å². The number of thioether (sulfide) groups is 1. The molecule has 1 fully saturated rings. The number of esters is 1. The average molecular weight is 469 g/mol. The highest BCUT2D eigenvalue weighted by Gasteiger charge is 2.36. The minimum Gasteiger partial charge on any atom is -0.468 e. The van der Waals surface area contributed by atoms with Gasteiger partial charge in [-0.25, -0.2) is 0 Å². The second-order valence-electron chi connectivity index (χ2n) is 5.05. The lowest BCUT2D eigenvalue weighted by Crippen LogP contribution is -2.34. The minimum absolute atomic E-state index is 0.206. The van der Waals surface area contributed by atoms with Crippen LogP contribution < -0.4 is 0 Å². The van der Waals surface area contributed by atoms with Crippen LogP contribution in [0.25, 0.3) is 17.4 Å². The fourth-order valence-electron chi connectivity index (χ4n) is 2.16. The van der Waals surface area contributed by atoms with Crippen molar-refractivity contribution < 1.29 is 23.5 Å². The van der Waals surface area contributed by atoms with Gasteiger partial charge < -0.3 is 9.15 Å². The van der Waals surface area contributed by atoms with Crippen molar-refractivity contribution >= 4 is 57.5 Å². The Hall–Kier alpha value is -2.07. The minimum atomic E-state index is -0.650. The van der Waals surface area contributed by atoms with E-state index in [1.807, 2.05) is 24.3 Å². The van der Waals surface area contributed by atoms with E-state index in [9.17, 15) is 14.4 Å². The molecular weight excluding hydrogens is 457 g/mol. The number of furan rings is 1. The molecule has 3 rings (SSSR count). The quantitative estimate of drug-likeness (QED) is 0.386. The fraction of sp³-hybridized carbons (Fsp3) is 0.118. The van der Waals surface area contributed by atoms with Crippen molar-refractivity contribution in [3.8, 4) is 11.3 Å². The molecular formula is C17H12INO5S. The number of hydrogen-bond donors (Lipinski definition) is 0. The number of rotatable bonds is 4. The third-order valence-electron chi connectivity index (χ3n) is 3.42. The molecule has 1 saturated heterocycles. The van der Waals surface area contributed by atoms with Crippen LogP contribution in [0.2, 0.25) is 0 Å². The van der Waals surface area contributed by atoms with Gasteiger partial charge in [-0.1, -0.05) is 12.1 Å². The summed E-state index contributed by atoms with van der Waals surface area (Å²) in [5, 5.41) is -0.508. The molecule has 8 heteroatoms. The highest BCUT2D eigenvalue weighted by molar-refractivity contribution is 14.1. The second-order valence-corrected chi connectivity index (χ2v) is 7.29. The molecule has 0 unspecified atom stereocenters. The molecule has 25 heavy (non-hydrogen) atoms. The molecule has 2 heterocycles. The van der Waals surface area contributed by atoms with Gasteiger partial charge in [0.05, 0.1) is 12.0 Å². The van der Waals surface area contributed by atoms with Gasteiger partial charge in [0.2, 0.25) is 0 Å². The Kier molecular flexibility index (Phi) is 5.28. The van der Waals surface area contributed by atoms with E-state index in [1.54, 1.807) is 12.1 Å². The first-order valence-electron chi connectivity index (χ1n) is 7.16. The molecule has 128 valence electrons. The summed E-state index contributed by atoms with van der Waals surface area (Å²) >= 11 is 2.99. The molecule has 0 spiro atoms. The van der Waals surface area contributed by atoms with E-state index in [-0.39, 0.29) is 4.91 Å². The molecule has 1 aromatic carbocycles. The van der Waals surface area contributed by atoms with Gasteiger partial charge in [0.1, 0.15) is 18.1 Å². The Morgan fingerprint density at radius 2 is 1.96 bits per heavy atom. The molecule has 6 nitrogen and oxygen atoms in total. The van der Waals surface area contributed by atoms with E-state index in [2.05, 4.69) is 27.3 Å². The number of hydrogen-bond acceptors (Lipinski definition) is 6. The topological polar surface area (TPSA) is 76.8 Å². The zero-order valence-corrected chi connectivity index (χ0v) is 16.0. The number of carbonyl (C=O) groups excluding carboxylic acids is 3. The van der Waals surface area contributed by atoms with Gasteiger partial charge in [0, 0.05) is 15.2 Å². The van der Waals surface area contributed by atoms with E-state index in [0.29, 0.717) is 11.5 Å². The lowest BCUT2D eigenvalue weighted by atomic mass is 10.2. The number of ether oxygens (including phenoxy) is 1. The van der Waals surface area contributed by atoms with Crippen molar-refractivity contribution in [2.24, 2.45) is 0 Å². The number of halogens is 1. The highest BCUT2D eigenvalue weighted by atomic mass is 127. The summed E-state index contributed by atoms with van der Waals surface area (Å²) in [5.74, 6) is -0.0660. The second kappa shape index (κ2) is 7.44. The Morgan fingerprint density at radius 3 is 2.64 bits per heavy atom. The third kappa shape index (κ3) is 3.96. The van der Waals surface area contributed by atoms with E-state index in [0.717, 1.165) is 25.8 Å². The maximum Gasteiger partial charge on any atom is 0.325 e. The molecule has 0 bridgehead atoms. The summed E-state index contributed by atoms with van der Waals surface area (Å²) < 4.78 is 11.3. The first-order chi connectivity index (χ1) is 12.0. The molecule has 1 aliphatic rings. The Bertz CT molecular complexity index is 871. The first kappa shape index (κ1) is 17.7. The van der Waals surface area contributed by atoms with E-state index < -0.39 is 23.7 Å². The molecule has 0 N–H and O–H groups in total. The van der Waals surface area contributed by atoms with Gasteiger partial charge in [-0.2, -0.15) is 0 Å². The highest BCUT2D eigenvalue weighted by Crippen LogP contribution is 2.33. The normalized spacial score (nSPS) is 15.9. The zero-order valence-electron chi connectivity index (χ0n) is 13.0. The maximum absolute atomic E-state index is 12.3. The number of amides is 2. The molecule has 2 aromatic rings. The van der Waals surface area contributed by atoms with Gasteiger partial charge in [-0.05, 0) is 58.6 Å². The van der Waals surface area contributed by atoms with Gasteiger partial charge in [-0.3, -0.25) is 19.3 Å². The van der Waals surface area contributed by atoms with Gasteiger partial charge in [0.25, 0.3) is 11.1 Å².